The van der Waals surface area contributed by atoms with Crippen molar-refractivity contribution >= 4 is 11.8 Å². The van der Waals surface area contributed by atoms with Crippen LogP contribution in [-0.4, -0.2) is 52.5 Å². The molecule has 1 aromatic carbocycles. The molecule has 1 fully saturated rings. The van der Waals surface area contributed by atoms with Gasteiger partial charge < -0.3 is 14.9 Å². The van der Waals surface area contributed by atoms with E-state index in [9.17, 15) is 14.7 Å². The van der Waals surface area contributed by atoms with Crippen molar-refractivity contribution in [3.63, 3.8) is 0 Å². The molecule has 0 saturated carbocycles. The summed E-state index contributed by atoms with van der Waals surface area (Å²) in [6.07, 6.45) is 3.38. The number of hydrogen-bond donors (Lipinski definition) is 1. The van der Waals surface area contributed by atoms with Crippen molar-refractivity contribution in [1.29, 1.82) is 0 Å². The summed E-state index contributed by atoms with van der Waals surface area (Å²) in [5.74, 6) is -0.873. The molecule has 0 aliphatic carbocycles. The molecular weight excluding hydrogens is 292 g/mol. The lowest BCUT2D eigenvalue weighted by Crippen LogP contribution is -2.51. The van der Waals surface area contributed by atoms with Gasteiger partial charge in [0.25, 0.3) is 0 Å². The fraction of sp³-hybridized carbons (Fsp3) is 0.556. The number of carbonyl (C=O) groups is 2. The predicted octanol–water partition coefficient (Wildman–Crippen LogP) is 1.80. The first kappa shape index (κ1) is 17.5. The van der Waals surface area contributed by atoms with Crippen LogP contribution in [0.5, 0.6) is 0 Å². The number of rotatable bonds is 5. The van der Waals surface area contributed by atoms with E-state index in [1.807, 2.05) is 37.3 Å². The molecule has 1 atom stereocenters. The largest absolute Gasteiger partial charge is 0.396 e. The molecule has 1 heterocycles. The van der Waals surface area contributed by atoms with Crippen molar-refractivity contribution in [3.8, 4) is 0 Å². The monoisotopic (exact) mass is 318 g/mol. The van der Waals surface area contributed by atoms with Crippen LogP contribution in [0.4, 0.5) is 0 Å². The predicted molar refractivity (Wildman–Crippen MR) is 88.6 cm³/mol. The Kier molecular flexibility index (Phi) is 6.59. The number of carbonyl (C=O) groups excluding carboxylic acids is 2. The molecule has 0 bridgehead atoms. The van der Waals surface area contributed by atoms with Gasteiger partial charge in [-0.05, 0) is 38.2 Å². The Morgan fingerprint density at radius 1 is 1.26 bits per heavy atom. The summed E-state index contributed by atoms with van der Waals surface area (Å²) in [6.45, 7) is 3.48. The van der Waals surface area contributed by atoms with Gasteiger partial charge in [0, 0.05) is 32.3 Å². The molecular formula is C18H26N2O3. The van der Waals surface area contributed by atoms with E-state index >= 15 is 0 Å². The molecule has 0 radical (unpaired) electrons. The molecule has 23 heavy (non-hydrogen) atoms. The number of hydrogen-bond acceptors (Lipinski definition) is 3. The van der Waals surface area contributed by atoms with Crippen molar-refractivity contribution in [2.45, 2.75) is 45.2 Å². The summed E-state index contributed by atoms with van der Waals surface area (Å²) in [5, 5.41) is 9.17. The number of likely N-dealkylation sites (tertiary alicyclic amines) is 1. The Labute approximate surface area is 137 Å². The average Bonchev–Trinajstić information content (AvgIpc) is 2.60. The zero-order chi connectivity index (χ0) is 16.7. The maximum atomic E-state index is 12.6. The zero-order valence-electron chi connectivity index (χ0n) is 13.8. The van der Waals surface area contributed by atoms with E-state index in [0.717, 1.165) is 24.8 Å². The molecule has 1 saturated heterocycles. The summed E-state index contributed by atoms with van der Waals surface area (Å²) >= 11 is 0. The number of nitrogens with zero attached hydrogens (tertiary/aromatic N) is 2. The maximum absolute atomic E-state index is 12.6. The van der Waals surface area contributed by atoms with Gasteiger partial charge in [-0.3, -0.25) is 9.59 Å². The molecule has 5 nitrogen and oxygen atoms in total. The van der Waals surface area contributed by atoms with Crippen LogP contribution in [0.15, 0.2) is 30.3 Å². The highest BCUT2D eigenvalue weighted by atomic mass is 16.3. The van der Waals surface area contributed by atoms with Gasteiger partial charge in [-0.25, -0.2) is 0 Å². The topological polar surface area (TPSA) is 60.9 Å². The van der Waals surface area contributed by atoms with E-state index in [4.69, 9.17) is 0 Å². The first-order valence-corrected chi connectivity index (χ1v) is 8.42. The third-order valence-corrected chi connectivity index (χ3v) is 4.42. The van der Waals surface area contributed by atoms with Gasteiger partial charge >= 0.3 is 11.8 Å². The maximum Gasteiger partial charge on any atom is 0.312 e. The van der Waals surface area contributed by atoms with Crippen molar-refractivity contribution in [3.05, 3.63) is 35.9 Å². The molecule has 2 rings (SSSR count). The minimum Gasteiger partial charge on any atom is -0.396 e. The molecule has 0 aromatic heterocycles. The summed E-state index contributed by atoms with van der Waals surface area (Å²) in [7, 11) is 0. The minimum atomic E-state index is -0.443. The van der Waals surface area contributed by atoms with Crippen LogP contribution >= 0.6 is 0 Å². The van der Waals surface area contributed by atoms with Crippen molar-refractivity contribution < 1.29 is 14.7 Å². The van der Waals surface area contributed by atoms with E-state index in [-0.39, 0.29) is 12.6 Å². The second-order valence-electron chi connectivity index (χ2n) is 5.97. The molecule has 126 valence electrons. The zero-order valence-corrected chi connectivity index (χ0v) is 13.8. The fourth-order valence-corrected chi connectivity index (χ4v) is 3.11. The third kappa shape index (κ3) is 4.55. The normalized spacial score (nSPS) is 17.8. The molecule has 2 amide bonds. The Morgan fingerprint density at radius 3 is 2.65 bits per heavy atom. The van der Waals surface area contributed by atoms with Gasteiger partial charge in [-0.15, -0.1) is 0 Å². The number of piperidine rings is 1. The molecule has 5 heteroatoms. The Morgan fingerprint density at radius 2 is 2.00 bits per heavy atom. The van der Waals surface area contributed by atoms with Crippen molar-refractivity contribution in [1.82, 2.24) is 9.80 Å². The van der Waals surface area contributed by atoms with Gasteiger partial charge in [0.15, 0.2) is 0 Å². The van der Waals surface area contributed by atoms with Crippen LogP contribution in [0.25, 0.3) is 0 Å². The third-order valence-electron chi connectivity index (χ3n) is 4.42. The summed E-state index contributed by atoms with van der Waals surface area (Å²) < 4.78 is 0. The van der Waals surface area contributed by atoms with Crippen LogP contribution < -0.4 is 0 Å². The molecule has 0 spiro atoms. The molecule has 1 aliphatic rings. The van der Waals surface area contributed by atoms with Crippen LogP contribution in [-0.2, 0) is 16.1 Å². The van der Waals surface area contributed by atoms with E-state index in [0.29, 0.717) is 26.1 Å². The van der Waals surface area contributed by atoms with Crippen LogP contribution in [0.3, 0.4) is 0 Å². The highest BCUT2D eigenvalue weighted by molar-refractivity contribution is 6.34. The van der Waals surface area contributed by atoms with Crippen molar-refractivity contribution in [2.24, 2.45) is 0 Å². The van der Waals surface area contributed by atoms with Gasteiger partial charge in [0.05, 0.1) is 0 Å². The molecule has 1 unspecified atom stereocenters. The van der Waals surface area contributed by atoms with Gasteiger partial charge in [-0.2, -0.15) is 0 Å². The fourth-order valence-electron chi connectivity index (χ4n) is 3.11. The SMILES string of the molecule is CCN(Cc1ccccc1)C(=O)C(=O)N1CCCCC1CCO. The number of benzene rings is 1. The van der Waals surface area contributed by atoms with Crippen LogP contribution in [0.2, 0.25) is 0 Å². The Bertz CT molecular complexity index is 516. The lowest BCUT2D eigenvalue weighted by molar-refractivity contribution is -0.154. The smallest absolute Gasteiger partial charge is 0.312 e. The van der Waals surface area contributed by atoms with E-state index < -0.39 is 11.8 Å². The summed E-state index contributed by atoms with van der Waals surface area (Å²) in [5.41, 5.74) is 1.01. The Hall–Kier alpha value is -1.88. The first-order valence-electron chi connectivity index (χ1n) is 8.42. The summed E-state index contributed by atoms with van der Waals surface area (Å²) in [6, 6.07) is 9.68. The van der Waals surface area contributed by atoms with Crippen molar-refractivity contribution in [2.75, 3.05) is 19.7 Å². The molecule has 1 aromatic rings. The number of aliphatic hydroxyl groups is 1. The quantitative estimate of drug-likeness (QED) is 0.842. The molecule has 1 aliphatic heterocycles. The highest BCUT2D eigenvalue weighted by Gasteiger charge is 2.32. The Balaban J connectivity index is 2.05. The standard InChI is InChI=1S/C18H26N2O3/c1-2-19(14-15-8-4-3-5-9-15)17(22)18(23)20-12-7-6-10-16(20)11-13-21/h3-5,8-9,16,21H,2,6-7,10-14H2,1H3. The second kappa shape index (κ2) is 8.67. The summed E-state index contributed by atoms with van der Waals surface area (Å²) in [4.78, 5) is 28.5. The van der Waals surface area contributed by atoms with Crippen LogP contribution in [0.1, 0.15) is 38.2 Å². The number of aliphatic hydroxyl groups excluding tert-OH is 1. The van der Waals surface area contributed by atoms with Gasteiger partial charge in [0.1, 0.15) is 0 Å². The minimum absolute atomic E-state index is 0.0133. The first-order chi connectivity index (χ1) is 11.2. The van der Waals surface area contributed by atoms with E-state index in [1.165, 1.54) is 0 Å². The lowest BCUT2D eigenvalue weighted by atomic mass is 9.99. The molecule has 1 N–H and O–H groups in total. The highest BCUT2D eigenvalue weighted by Crippen LogP contribution is 2.20. The number of amides is 2. The number of likely N-dealkylation sites (N-methyl/N-ethyl adjacent to an activating group) is 1. The average molecular weight is 318 g/mol. The lowest BCUT2D eigenvalue weighted by Gasteiger charge is -2.36. The van der Waals surface area contributed by atoms with E-state index in [1.54, 1.807) is 9.80 Å². The van der Waals surface area contributed by atoms with Gasteiger partial charge in [0.2, 0.25) is 0 Å². The van der Waals surface area contributed by atoms with E-state index in [2.05, 4.69) is 0 Å². The van der Waals surface area contributed by atoms with Gasteiger partial charge in [-0.1, -0.05) is 30.3 Å². The second-order valence-corrected chi connectivity index (χ2v) is 5.97. The van der Waals surface area contributed by atoms with Crippen LogP contribution in [0, 0.1) is 0 Å².